The van der Waals surface area contributed by atoms with Crippen molar-refractivity contribution in [3.8, 4) is 0 Å². The molecule has 2 rings (SSSR count). The molecule has 4 N–H and O–H groups in total. The van der Waals surface area contributed by atoms with E-state index in [4.69, 9.17) is 5.73 Å². The van der Waals surface area contributed by atoms with E-state index in [1.54, 1.807) is 43.3 Å². The summed E-state index contributed by atoms with van der Waals surface area (Å²) in [5.41, 5.74) is 7.58. The average Bonchev–Trinajstić information content (AvgIpc) is 2.54. The smallest absolute Gasteiger partial charge is 0.312 e. The molecule has 0 aliphatic heterocycles. The topological polar surface area (TPSA) is 84.2 Å². The monoisotopic (exact) mass is 315 g/mol. The van der Waals surface area contributed by atoms with Crippen molar-refractivity contribution in [2.24, 2.45) is 5.73 Å². The van der Waals surface area contributed by atoms with E-state index < -0.39 is 6.03 Å². The van der Waals surface area contributed by atoms with E-state index in [0.717, 1.165) is 5.56 Å². The van der Waals surface area contributed by atoms with E-state index >= 15 is 0 Å². The lowest BCUT2D eigenvalue weighted by atomic mass is 10.1. The van der Waals surface area contributed by atoms with Crippen LogP contribution in [0.15, 0.2) is 42.5 Å². The number of urea groups is 1. The Morgan fingerprint density at radius 2 is 1.61 bits per heavy atom. The first-order valence-corrected chi connectivity index (χ1v) is 7.11. The molecular weight excluding hydrogens is 297 g/mol. The van der Waals surface area contributed by atoms with Crippen LogP contribution >= 0.6 is 0 Å². The summed E-state index contributed by atoms with van der Waals surface area (Å²) in [6.45, 7) is 2.24. The number of nitrogens with two attached hydrogens (primary N) is 1. The molecule has 120 valence electrons. The van der Waals surface area contributed by atoms with Gasteiger partial charge in [-0.1, -0.05) is 24.3 Å². The molecule has 0 bridgehead atoms. The van der Waals surface area contributed by atoms with Crippen LogP contribution in [0.2, 0.25) is 0 Å². The van der Waals surface area contributed by atoms with Crippen molar-refractivity contribution >= 4 is 11.9 Å². The number of amides is 3. The molecule has 0 aliphatic carbocycles. The molecule has 0 saturated carbocycles. The summed E-state index contributed by atoms with van der Waals surface area (Å²) >= 11 is 0. The van der Waals surface area contributed by atoms with Crippen LogP contribution in [0.3, 0.4) is 0 Å². The molecule has 0 heterocycles. The van der Waals surface area contributed by atoms with E-state index in [1.807, 2.05) is 0 Å². The fourth-order valence-electron chi connectivity index (χ4n) is 1.99. The Morgan fingerprint density at radius 1 is 1.00 bits per heavy atom. The quantitative estimate of drug-likeness (QED) is 0.790. The minimum atomic E-state index is -0.600. The Morgan fingerprint density at radius 3 is 2.22 bits per heavy atom. The molecule has 0 radical (unpaired) electrons. The standard InChI is InChI=1S/C17H18FN3O2/c1-11-2-3-13(8-15(11)18)10-20-16(22)14-6-4-12(5-7-14)9-21-17(19)23/h2-8H,9-10H2,1H3,(H,20,22)(H3,19,21,23). The van der Waals surface area contributed by atoms with E-state index in [-0.39, 0.29) is 18.3 Å². The number of carbonyl (C=O) groups excluding carboxylic acids is 2. The third-order valence-corrected chi connectivity index (χ3v) is 3.37. The van der Waals surface area contributed by atoms with Crippen molar-refractivity contribution < 1.29 is 14.0 Å². The molecule has 0 unspecified atom stereocenters. The van der Waals surface area contributed by atoms with E-state index in [9.17, 15) is 14.0 Å². The first kappa shape index (κ1) is 16.5. The van der Waals surface area contributed by atoms with Gasteiger partial charge in [-0.15, -0.1) is 0 Å². The number of halogens is 1. The van der Waals surface area contributed by atoms with Gasteiger partial charge in [-0.2, -0.15) is 0 Å². The molecule has 0 fully saturated rings. The zero-order valence-electron chi connectivity index (χ0n) is 12.7. The van der Waals surface area contributed by atoms with Crippen molar-refractivity contribution in [3.63, 3.8) is 0 Å². The Hall–Kier alpha value is -2.89. The number of rotatable bonds is 5. The van der Waals surface area contributed by atoms with E-state index in [0.29, 0.717) is 23.2 Å². The zero-order valence-corrected chi connectivity index (χ0v) is 12.7. The minimum absolute atomic E-state index is 0.250. The van der Waals surface area contributed by atoms with Gasteiger partial charge in [0.25, 0.3) is 5.91 Å². The number of carbonyl (C=O) groups is 2. The van der Waals surface area contributed by atoms with Crippen molar-refractivity contribution in [3.05, 3.63) is 70.5 Å². The SMILES string of the molecule is Cc1ccc(CNC(=O)c2ccc(CNC(N)=O)cc2)cc1F. The second-order valence-electron chi connectivity index (χ2n) is 5.18. The van der Waals surface area contributed by atoms with Gasteiger partial charge in [-0.3, -0.25) is 4.79 Å². The zero-order chi connectivity index (χ0) is 16.8. The molecule has 5 nitrogen and oxygen atoms in total. The van der Waals surface area contributed by atoms with Crippen LogP contribution < -0.4 is 16.4 Å². The first-order chi connectivity index (χ1) is 11.0. The number of nitrogens with one attached hydrogen (secondary N) is 2. The summed E-state index contributed by atoms with van der Waals surface area (Å²) in [5, 5.41) is 5.21. The predicted molar refractivity (Wildman–Crippen MR) is 85.2 cm³/mol. The fraction of sp³-hybridized carbons (Fsp3) is 0.176. The molecule has 2 aromatic carbocycles. The Labute approximate surface area is 133 Å². The van der Waals surface area contributed by atoms with Gasteiger partial charge in [0.15, 0.2) is 0 Å². The fourth-order valence-corrected chi connectivity index (χ4v) is 1.99. The third-order valence-electron chi connectivity index (χ3n) is 3.37. The van der Waals surface area contributed by atoms with Gasteiger partial charge in [0, 0.05) is 18.7 Å². The Bertz CT molecular complexity index is 714. The molecule has 0 aliphatic rings. The van der Waals surface area contributed by atoms with Crippen LogP contribution in [0.25, 0.3) is 0 Å². The summed E-state index contributed by atoms with van der Waals surface area (Å²) in [5.74, 6) is -0.538. The second kappa shape index (κ2) is 7.40. The number of benzene rings is 2. The Kier molecular flexibility index (Phi) is 5.30. The van der Waals surface area contributed by atoms with Crippen LogP contribution in [-0.2, 0) is 13.1 Å². The highest BCUT2D eigenvalue weighted by atomic mass is 19.1. The molecule has 6 heteroatoms. The summed E-state index contributed by atoms with van der Waals surface area (Å²) in [6, 6.07) is 11.0. The molecule has 0 aromatic heterocycles. The van der Waals surface area contributed by atoms with Gasteiger partial charge >= 0.3 is 6.03 Å². The summed E-state index contributed by atoms with van der Waals surface area (Å²) in [7, 11) is 0. The molecule has 3 amide bonds. The van der Waals surface area contributed by atoms with Crippen LogP contribution in [0, 0.1) is 12.7 Å². The Balaban J connectivity index is 1.92. The van der Waals surface area contributed by atoms with Crippen molar-refractivity contribution in [1.29, 1.82) is 0 Å². The highest BCUT2D eigenvalue weighted by Gasteiger charge is 2.06. The van der Waals surface area contributed by atoms with Gasteiger partial charge in [-0.25, -0.2) is 9.18 Å². The normalized spacial score (nSPS) is 10.2. The highest BCUT2D eigenvalue weighted by molar-refractivity contribution is 5.94. The lowest BCUT2D eigenvalue weighted by molar-refractivity contribution is 0.0951. The van der Waals surface area contributed by atoms with Crippen molar-refractivity contribution in [2.75, 3.05) is 0 Å². The third kappa shape index (κ3) is 4.81. The molecule has 2 aromatic rings. The maximum Gasteiger partial charge on any atom is 0.312 e. The van der Waals surface area contributed by atoms with Crippen LogP contribution in [0.4, 0.5) is 9.18 Å². The summed E-state index contributed by atoms with van der Waals surface area (Å²) in [6.07, 6.45) is 0. The van der Waals surface area contributed by atoms with Gasteiger partial charge in [0.2, 0.25) is 0 Å². The lowest BCUT2D eigenvalue weighted by Crippen LogP contribution is -2.28. The number of hydrogen-bond acceptors (Lipinski definition) is 2. The summed E-state index contributed by atoms with van der Waals surface area (Å²) in [4.78, 5) is 22.7. The minimum Gasteiger partial charge on any atom is -0.352 e. The number of aryl methyl sites for hydroxylation is 1. The maximum absolute atomic E-state index is 13.4. The first-order valence-electron chi connectivity index (χ1n) is 7.11. The predicted octanol–water partition coefficient (Wildman–Crippen LogP) is 2.23. The van der Waals surface area contributed by atoms with Crippen molar-refractivity contribution in [1.82, 2.24) is 10.6 Å². The molecule has 0 atom stereocenters. The largest absolute Gasteiger partial charge is 0.352 e. The summed E-state index contributed by atoms with van der Waals surface area (Å²) < 4.78 is 13.4. The second-order valence-corrected chi connectivity index (χ2v) is 5.18. The van der Waals surface area contributed by atoms with Crippen LogP contribution in [0.1, 0.15) is 27.0 Å². The number of hydrogen-bond donors (Lipinski definition) is 3. The molecule has 0 saturated heterocycles. The van der Waals surface area contributed by atoms with Gasteiger partial charge in [-0.05, 0) is 41.8 Å². The molecule has 23 heavy (non-hydrogen) atoms. The maximum atomic E-state index is 13.4. The molecular formula is C17H18FN3O2. The van der Waals surface area contributed by atoms with Crippen LogP contribution in [-0.4, -0.2) is 11.9 Å². The lowest BCUT2D eigenvalue weighted by Gasteiger charge is -2.07. The average molecular weight is 315 g/mol. The van der Waals surface area contributed by atoms with Crippen molar-refractivity contribution in [2.45, 2.75) is 20.0 Å². The van der Waals surface area contributed by atoms with Gasteiger partial charge in [0.05, 0.1) is 0 Å². The van der Waals surface area contributed by atoms with Gasteiger partial charge in [0.1, 0.15) is 5.82 Å². The van der Waals surface area contributed by atoms with Gasteiger partial charge < -0.3 is 16.4 Å². The van der Waals surface area contributed by atoms with E-state index in [2.05, 4.69) is 10.6 Å². The van der Waals surface area contributed by atoms with E-state index in [1.165, 1.54) is 6.07 Å². The van der Waals surface area contributed by atoms with Crippen LogP contribution in [0.5, 0.6) is 0 Å². The molecule has 0 spiro atoms. The number of primary amides is 1. The highest BCUT2D eigenvalue weighted by Crippen LogP contribution is 2.09.